The molecule has 1 aliphatic rings. The highest BCUT2D eigenvalue weighted by Crippen LogP contribution is 2.43. The van der Waals surface area contributed by atoms with Gasteiger partial charge in [0.25, 0.3) is 0 Å². The van der Waals surface area contributed by atoms with Crippen LogP contribution in [-0.4, -0.2) is 4.98 Å². The Morgan fingerprint density at radius 3 is 2.91 bits per heavy atom. The second-order valence-corrected chi connectivity index (χ2v) is 3.67. The van der Waals surface area contributed by atoms with Crippen LogP contribution in [-0.2, 0) is 0 Å². The second kappa shape index (κ2) is 2.48. The summed E-state index contributed by atoms with van der Waals surface area (Å²) >= 11 is 3.40. The van der Waals surface area contributed by atoms with Crippen LogP contribution >= 0.6 is 15.9 Å². The number of halogens is 1. The maximum absolute atomic E-state index is 5.61. The third-order valence-corrected chi connectivity index (χ3v) is 2.57. The predicted molar refractivity (Wildman–Crippen MR) is 48.3 cm³/mol. The van der Waals surface area contributed by atoms with Crippen molar-refractivity contribution in [2.45, 2.75) is 18.8 Å². The molecule has 0 saturated heterocycles. The minimum atomic E-state index is 0.709. The monoisotopic (exact) mass is 212 g/mol. The number of hydrogen-bond donors (Lipinski definition) is 1. The van der Waals surface area contributed by atoms with Gasteiger partial charge in [0.15, 0.2) is 0 Å². The van der Waals surface area contributed by atoms with Gasteiger partial charge in [-0.05, 0) is 46.3 Å². The molecule has 0 spiro atoms. The van der Waals surface area contributed by atoms with Gasteiger partial charge in [0.2, 0.25) is 0 Å². The van der Waals surface area contributed by atoms with E-state index in [0.717, 1.165) is 10.3 Å². The topological polar surface area (TPSA) is 38.9 Å². The second-order valence-electron chi connectivity index (χ2n) is 2.92. The Bertz CT molecular complexity index is 281. The third kappa shape index (κ3) is 1.38. The molecular formula is C8H9BrN2. The van der Waals surface area contributed by atoms with Gasteiger partial charge in [0.1, 0.15) is 4.60 Å². The molecule has 3 heteroatoms. The first-order valence-electron chi connectivity index (χ1n) is 3.68. The van der Waals surface area contributed by atoms with Crippen molar-refractivity contribution in [1.82, 2.24) is 4.98 Å². The Kier molecular flexibility index (Phi) is 1.60. The smallest absolute Gasteiger partial charge is 0.109 e. The summed E-state index contributed by atoms with van der Waals surface area (Å²) in [5, 5.41) is 0. The lowest BCUT2D eigenvalue weighted by atomic mass is 10.2. The first-order chi connectivity index (χ1) is 5.27. The van der Waals surface area contributed by atoms with E-state index in [2.05, 4.69) is 20.9 Å². The fraction of sp³-hybridized carbons (Fsp3) is 0.375. The predicted octanol–water partition coefficient (Wildman–Crippen LogP) is 2.30. The molecule has 0 atom stereocenters. The standard InChI is InChI=1S/C8H9BrN2/c9-8-7(5-1-2-5)3-6(10)4-11-8/h3-5H,1-2,10H2. The Balaban J connectivity index is 2.42. The summed E-state index contributed by atoms with van der Waals surface area (Å²) in [5.74, 6) is 0.709. The SMILES string of the molecule is Nc1cnc(Br)c(C2CC2)c1. The lowest BCUT2D eigenvalue weighted by Crippen LogP contribution is -1.91. The van der Waals surface area contributed by atoms with E-state index in [9.17, 15) is 0 Å². The van der Waals surface area contributed by atoms with E-state index in [1.54, 1.807) is 6.20 Å². The zero-order valence-electron chi connectivity index (χ0n) is 6.05. The molecule has 0 unspecified atom stereocenters. The highest BCUT2D eigenvalue weighted by atomic mass is 79.9. The van der Waals surface area contributed by atoms with E-state index in [1.165, 1.54) is 18.4 Å². The molecule has 11 heavy (non-hydrogen) atoms. The largest absolute Gasteiger partial charge is 0.397 e. The molecule has 2 N–H and O–H groups in total. The summed E-state index contributed by atoms with van der Waals surface area (Å²) in [7, 11) is 0. The van der Waals surface area contributed by atoms with Gasteiger partial charge in [-0.15, -0.1) is 0 Å². The maximum Gasteiger partial charge on any atom is 0.109 e. The normalized spacial score (nSPS) is 16.8. The van der Waals surface area contributed by atoms with E-state index >= 15 is 0 Å². The van der Waals surface area contributed by atoms with E-state index in [0.29, 0.717) is 5.92 Å². The van der Waals surface area contributed by atoms with Crippen LogP contribution in [0.2, 0.25) is 0 Å². The molecule has 1 fully saturated rings. The number of pyridine rings is 1. The highest BCUT2D eigenvalue weighted by molar-refractivity contribution is 9.10. The van der Waals surface area contributed by atoms with Crippen LogP contribution in [0.1, 0.15) is 24.3 Å². The summed E-state index contributed by atoms with van der Waals surface area (Å²) in [6.07, 6.45) is 4.24. The van der Waals surface area contributed by atoms with Crippen LogP contribution in [0.15, 0.2) is 16.9 Å². The number of nitrogen functional groups attached to an aromatic ring is 1. The van der Waals surface area contributed by atoms with Crippen molar-refractivity contribution in [3.8, 4) is 0 Å². The molecule has 1 heterocycles. The van der Waals surface area contributed by atoms with E-state index in [4.69, 9.17) is 5.73 Å². The molecule has 1 aliphatic carbocycles. The highest BCUT2D eigenvalue weighted by Gasteiger charge is 2.26. The van der Waals surface area contributed by atoms with E-state index in [-0.39, 0.29) is 0 Å². The first kappa shape index (κ1) is 7.10. The summed E-state index contributed by atoms with van der Waals surface area (Å²) in [4.78, 5) is 4.13. The summed E-state index contributed by atoms with van der Waals surface area (Å²) < 4.78 is 0.953. The van der Waals surface area contributed by atoms with Crippen LogP contribution in [0.5, 0.6) is 0 Å². The van der Waals surface area contributed by atoms with Crippen molar-refractivity contribution < 1.29 is 0 Å². The van der Waals surface area contributed by atoms with Crippen LogP contribution < -0.4 is 5.73 Å². The number of nitrogens with two attached hydrogens (primary N) is 1. The van der Waals surface area contributed by atoms with Gasteiger partial charge >= 0.3 is 0 Å². The van der Waals surface area contributed by atoms with Crippen LogP contribution in [0.3, 0.4) is 0 Å². The average Bonchev–Trinajstić information content (AvgIpc) is 2.76. The number of nitrogens with zero attached hydrogens (tertiary/aromatic N) is 1. The van der Waals surface area contributed by atoms with Crippen molar-refractivity contribution in [2.75, 3.05) is 5.73 Å². The fourth-order valence-corrected chi connectivity index (χ4v) is 1.70. The number of anilines is 1. The molecular weight excluding hydrogens is 204 g/mol. The zero-order valence-corrected chi connectivity index (χ0v) is 7.63. The molecule has 1 aromatic heterocycles. The molecule has 0 amide bonds. The molecule has 0 radical (unpaired) electrons. The molecule has 1 aromatic rings. The van der Waals surface area contributed by atoms with Crippen LogP contribution in [0, 0.1) is 0 Å². The van der Waals surface area contributed by atoms with Gasteiger partial charge < -0.3 is 5.73 Å². The van der Waals surface area contributed by atoms with Gasteiger partial charge in [0, 0.05) is 0 Å². The number of hydrogen-bond acceptors (Lipinski definition) is 2. The molecule has 2 rings (SSSR count). The molecule has 0 bridgehead atoms. The van der Waals surface area contributed by atoms with Crippen LogP contribution in [0.25, 0.3) is 0 Å². The van der Waals surface area contributed by atoms with Gasteiger partial charge in [-0.2, -0.15) is 0 Å². The van der Waals surface area contributed by atoms with E-state index < -0.39 is 0 Å². The van der Waals surface area contributed by atoms with Crippen molar-refractivity contribution in [3.05, 3.63) is 22.4 Å². The molecule has 2 nitrogen and oxygen atoms in total. The Labute approximate surface area is 73.9 Å². The quantitative estimate of drug-likeness (QED) is 0.727. The first-order valence-corrected chi connectivity index (χ1v) is 4.47. The Morgan fingerprint density at radius 2 is 2.27 bits per heavy atom. The van der Waals surface area contributed by atoms with Gasteiger partial charge in [-0.25, -0.2) is 4.98 Å². The maximum atomic E-state index is 5.61. The Morgan fingerprint density at radius 1 is 1.55 bits per heavy atom. The summed E-state index contributed by atoms with van der Waals surface area (Å²) in [6, 6.07) is 2.01. The zero-order chi connectivity index (χ0) is 7.84. The summed E-state index contributed by atoms with van der Waals surface area (Å²) in [5.41, 5.74) is 7.64. The van der Waals surface area contributed by atoms with Crippen molar-refractivity contribution in [2.24, 2.45) is 0 Å². The Hall–Kier alpha value is -0.570. The molecule has 1 saturated carbocycles. The lowest BCUT2D eigenvalue weighted by Gasteiger charge is -2.01. The summed E-state index contributed by atoms with van der Waals surface area (Å²) in [6.45, 7) is 0. The minimum absolute atomic E-state index is 0.709. The van der Waals surface area contributed by atoms with Gasteiger partial charge in [-0.3, -0.25) is 0 Å². The third-order valence-electron chi connectivity index (χ3n) is 1.90. The lowest BCUT2D eigenvalue weighted by molar-refractivity contribution is 1.07. The van der Waals surface area contributed by atoms with Crippen molar-refractivity contribution in [1.29, 1.82) is 0 Å². The molecule has 58 valence electrons. The minimum Gasteiger partial charge on any atom is -0.397 e. The average molecular weight is 213 g/mol. The van der Waals surface area contributed by atoms with Crippen LogP contribution in [0.4, 0.5) is 5.69 Å². The number of rotatable bonds is 1. The number of aromatic nitrogens is 1. The molecule has 0 aromatic carbocycles. The van der Waals surface area contributed by atoms with Gasteiger partial charge in [-0.1, -0.05) is 0 Å². The van der Waals surface area contributed by atoms with E-state index in [1.807, 2.05) is 6.07 Å². The van der Waals surface area contributed by atoms with Crippen molar-refractivity contribution >= 4 is 21.6 Å². The van der Waals surface area contributed by atoms with Crippen molar-refractivity contribution in [3.63, 3.8) is 0 Å². The van der Waals surface area contributed by atoms with Gasteiger partial charge in [0.05, 0.1) is 11.9 Å². The fourth-order valence-electron chi connectivity index (χ4n) is 1.16. The molecule has 0 aliphatic heterocycles.